The number of carbonyl (C=O) groups is 3. The Labute approximate surface area is 152 Å². The van der Waals surface area contributed by atoms with Crippen LogP contribution >= 0.6 is 0 Å². The molecule has 136 valence electrons. The molecule has 0 bridgehead atoms. The van der Waals surface area contributed by atoms with Gasteiger partial charge in [-0.25, -0.2) is 4.79 Å². The maximum atomic E-state index is 12.2. The Balaban J connectivity index is 2.11. The SMILES string of the molecule is CCOC(=O)c1ccccc1N(CCC(=O)Nc1ccccc1)C(C)=O. The summed E-state index contributed by atoms with van der Waals surface area (Å²) in [4.78, 5) is 37.8. The van der Waals surface area contributed by atoms with Crippen LogP contribution in [-0.4, -0.2) is 30.9 Å². The van der Waals surface area contributed by atoms with E-state index in [2.05, 4.69) is 5.32 Å². The molecule has 2 amide bonds. The van der Waals surface area contributed by atoms with Crippen LogP contribution in [0.3, 0.4) is 0 Å². The van der Waals surface area contributed by atoms with E-state index in [1.165, 1.54) is 11.8 Å². The summed E-state index contributed by atoms with van der Waals surface area (Å²) in [6.45, 7) is 3.52. The molecular formula is C20H22N2O4. The highest BCUT2D eigenvalue weighted by Crippen LogP contribution is 2.22. The second kappa shape index (κ2) is 9.36. The van der Waals surface area contributed by atoms with Gasteiger partial charge in [0.15, 0.2) is 0 Å². The zero-order valence-corrected chi connectivity index (χ0v) is 14.9. The van der Waals surface area contributed by atoms with E-state index in [0.717, 1.165) is 0 Å². The van der Waals surface area contributed by atoms with Crippen LogP contribution in [0.4, 0.5) is 11.4 Å². The first kappa shape index (κ1) is 19.2. The molecule has 0 aliphatic heterocycles. The molecule has 2 rings (SSSR count). The third-order valence-corrected chi connectivity index (χ3v) is 3.69. The molecule has 0 spiro atoms. The molecule has 0 radical (unpaired) electrons. The van der Waals surface area contributed by atoms with Crippen molar-refractivity contribution in [3.8, 4) is 0 Å². The van der Waals surface area contributed by atoms with E-state index in [1.54, 1.807) is 43.3 Å². The first-order valence-corrected chi connectivity index (χ1v) is 8.42. The molecule has 0 saturated heterocycles. The predicted octanol–water partition coefficient (Wildman–Crippen LogP) is 3.25. The Morgan fingerprint density at radius 1 is 1.00 bits per heavy atom. The smallest absolute Gasteiger partial charge is 0.340 e. The van der Waals surface area contributed by atoms with Gasteiger partial charge in [-0.05, 0) is 31.2 Å². The summed E-state index contributed by atoms with van der Waals surface area (Å²) >= 11 is 0. The molecule has 0 fully saturated rings. The van der Waals surface area contributed by atoms with Crippen LogP contribution in [0.1, 0.15) is 30.6 Å². The molecule has 0 unspecified atom stereocenters. The van der Waals surface area contributed by atoms with E-state index < -0.39 is 5.97 Å². The van der Waals surface area contributed by atoms with Crippen LogP contribution in [0.15, 0.2) is 54.6 Å². The summed E-state index contributed by atoms with van der Waals surface area (Å²) in [5.41, 5.74) is 1.43. The van der Waals surface area contributed by atoms with Crippen molar-refractivity contribution in [2.75, 3.05) is 23.4 Å². The van der Waals surface area contributed by atoms with Gasteiger partial charge >= 0.3 is 5.97 Å². The lowest BCUT2D eigenvalue weighted by molar-refractivity contribution is -0.117. The Morgan fingerprint density at radius 2 is 1.65 bits per heavy atom. The summed E-state index contributed by atoms with van der Waals surface area (Å²) in [6, 6.07) is 15.8. The maximum Gasteiger partial charge on any atom is 0.340 e. The number of amides is 2. The number of esters is 1. The topological polar surface area (TPSA) is 75.7 Å². The summed E-state index contributed by atoms with van der Waals surface area (Å²) in [5, 5.41) is 2.78. The van der Waals surface area contributed by atoms with Crippen LogP contribution in [0.2, 0.25) is 0 Å². The van der Waals surface area contributed by atoms with E-state index in [4.69, 9.17) is 4.74 Å². The van der Waals surface area contributed by atoms with E-state index in [9.17, 15) is 14.4 Å². The number of nitrogens with one attached hydrogen (secondary N) is 1. The van der Waals surface area contributed by atoms with Crippen molar-refractivity contribution in [2.24, 2.45) is 0 Å². The number of rotatable bonds is 7. The van der Waals surface area contributed by atoms with Gasteiger partial charge in [-0.2, -0.15) is 0 Å². The molecule has 0 aromatic heterocycles. The quantitative estimate of drug-likeness (QED) is 0.775. The van der Waals surface area contributed by atoms with E-state index in [-0.39, 0.29) is 31.4 Å². The first-order valence-electron chi connectivity index (χ1n) is 8.42. The van der Waals surface area contributed by atoms with E-state index >= 15 is 0 Å². The monoisotopic (exact) mass is 354 g/mol. The second-order valence-corrected chi connectivity index (χ2v) is 5.57. The summed E-state index contributed by atoms with van der Waals surface area (Å²) in [5.74, 6) is -0.964. The molecule has 2 aromatic carbocycles. The van der Waals surface area contributed by atoms with Crippen LogP contribution in [-0.2, 0) is 14.3 Å². The van der Waals surface area contributed by atoms with Gasteiger partial charge < -0.3 is 15.0 Å². The molecule has 2 aromatic rings. The van der Waals surface area contributed by atoms with Gasteiger partial charge in [-0.1, -0.05) is 30.3 Å². The fraction of sp³-hybridized carbons (Fsp3) is 0.250. The van der Waals surface area contributed by atoms with Gasteiger partial charge in [0.1, 0.15) is 0 Å². The lowest BCUT2D eigenvalue weighted by Crippen LogP contribution is -2.33. The number of benzene rings is 2. The largest absolute Gasteiger partial charge is 0.462 e. The van der Waals surface area contributed by atoms with Crippen LogP contribution in [0, 0.1) is 0 Å². The van der Waals surface area contributed by atoms with Crippen molar-refractivity contribution in [1.29, 1.82) is 0 Å². The number of ether oxygens (including phenoxy) is 1. The number of para-hydroxylation sites is 2. The molecule has 0 heterocycles. The van der Waals surface area contributed by atoms with Crippen molar-refractivity contribution in [1.82, 2.24) is 0 Å². The van der Waals surface area contributed by atoms with E-state index in [0.29, 0.717) is 16.9 Å². The van der Waals surface area contributed by atoms with Gasteiger partial charge in [-0.3, -0.25) is 9.59 Å². The Kier molecular flexibility index (Phi) is 6.91. The average molecular weight is 354 g/mol. The highest BCUT2D eigenvalue weighted by atomic mass is 16.5. The number of carbonyl (C=O) groups excluding carboxylic acids is 3. The Bertz CT molecular complexity index is 774. The van der Waals surface area contributed by atoms with Crippen molar-refractivity contribution < 1.29 is 19.1 Å². The second-order valence-electron chi connectivity index (χ2n) is 5.57. The summed E-state index contributed by atoms with van der Waals surface area (Å²) in [6.07, 6.45) is 0.103. The first-order chi connectivity index (χ1) is 12.5. The van der Waals surface area contributed by atoms with Crippen LogP contribution in [0.5, 0.6) is 0 Å². The van der Waals surface area contributed by atoms with Gasteiger partial charge in [-0.15, -0.1) is 0 Å². The normalized spacial score (nSPS) is 10.1. The average Bonchev–Trinajstić information content (AvgIpc) is 2.63. The molecule has 6 heteroatoms. The third kappa shape index (κ3) is 5.17. The number of hydrogen-bond donors (Lipinski definition) is 1. The predicted molar refractivity (Wildman–Crippen MR) is 100 cm³/mol. The Morgan fingerprint density at radius 3 is 2.31 bits per heavy atom. The fourth-order valence-corrected chi connectivity index (χ4v) is 2.50. The highest BCUT2D eigenvalue weighted by molar-refractivity contribution is 6.02. The minimum Gasteiger partial charge on any atom is -0.462 e. The fourth-order valence-electron chi connectivity index (χ4n) is 2.50. The standard InChI is InChI=1S/C20H22N2O4/c1-3-26-20(25)17-11-7-8-12-18(17)22(15(2)23)14-13-19(24)21-16-9-5-4-6-10-16/h4-12H,3,13-14H2,1-2H3,(H,21,24). The summed E-state index contributed by atoms with van der Waals surface area (Å²) in [7, 11) is 0. The molecule has 0 aliphatic carbocycles. The molecule has 0 saturated carbocycles. The third-order valence-electron chi connectivity index (χ3n) is 3.69. The summed E-state index contributed by atoms with van der Waals surface area (Å²) < 4.78 is 5.05. The minimum absolute atomic E-state index is 0.103. The van der Waals surface area contributed by atoms with Gasteiger partial charge in [0.2, 0.25) is 11.8 Å². The van der Waals surface area contributed by atoms with Crippen molar-refractivity contribution in [3.05, 3.63) is 60.2 Å². The Hall–Kier alpha value is -3.15. The van der Waals surface area contributed by atoms with E-state index in [1.807, 2.05) is 18.2 Å². The molecule has 6 nitrogen and oxygen atoms in total. The lowest BCUT2D eigenvalue weighted by atomic mass is 10.1. The number of hydrogen-bond acceptors (Lipinski definition) is 4. The van der Waals surface area contributed by atoms with Crippen molar-refractivity contribution >= 4 is 29.2 Å². The zero-order chi connectivity index (χ0) is 18.9. The van der Waals surface area contributed by atoms with Crippen molar-refractivity contribution in [3.63, 3.8) is 0 Å². The van der Waals surface area contributed by atoms with Gasteiger partial charge in [0.25, 0.3) is 0 Å². The van der Waals surface area contributed by atoms with Crippen LogP contribution < -0.4 is 10.2 Å². The maximum absolute atomic E-state index is 12.2. The molecule has 0 aliphatic rings. The van der Waals surface area contributed by atoms with Gasteiger partial charge in [0.05, 0.1) is 17.9 Å². The molecule has 0 atom stereocenters. The van der Waals surface area contributed by atoms with Crippen molar-refractivity contribution in [2.45, 2.75) is 20.3 Å². The molecule has 1 N–H and O–H groups in total. The number of nitrogens with zero attached hydrogens (tertiary/aromatic N) is 1. The number of anilines is 2. The van der Waals surface area contributed by atoms with Crippen LogP contribution in [0.25, 0.3) is 0 Å². The molecular weight excluding hydrogens is 332 g/mol. The highest BCUT2D eigenvalue weighted by Gasteiger charge is 2.20. The zero-order valence-electron chi connectivity index (χ0n) is 14.9. The van der Waals surface area contributed by atoms with Gasteiger partial charge in [0, 0.05) is 25.6 Å². The minimum atomic E-state index is -0.497. The molecule has 26 heavy (non-hydrogen) atoms. The lowest BCUT2D eigenvalue weighted by Gasteiger charge is -2.23.